The summed E-state index contributed by atoms with van der Waals surface area (Å²) in [7, 11) is 0. The average Bonchev–Trinajstić information content (AvgIpc) is 3.19. The monoisotopic (exact) mass is 283 g/mol. The van der Waals surface area contributed by atoms with Gasteiger partial charge in [0, 0.05) is 23.7 Å². The molecule has 1 aromatic carbocycles. The molecule has 1 unspecified atom stereocenters. The molecule has 0 bridgehead atoms. The largest absolute Gasteiger partial charge is 0.327 e. The van der Waals surface area contributed by atoms with Gasteiger partial charge in [-0.3, -0.25) is 5.10 Å². The summed E-state index contributed by atoms with van der Waals surface area (Å²) in [5.41, 5.74) is 9.81. The Bertz CT molecular complexity index is 702. The molecule has 3 N–H and O–H groups in total. The van der Waals surface area contributed by atoms with Crippen molar-refractivity contribution in [2.24, 2.45) is 5.73 Å². The van der Waals surface area contributed by atoms with Gasteiger partial charge >= 0.3 is 0 Å². The quantitative estimate of drug-likeness (QED) is 0.736. The van der Waals surface area contributed by atoms with E-state index in [0.717, 1.165) is 35.5 Å². The van der Waals surface area contributed by atoms with Crippen LogP contribution in [0.3, 0.4) is 0 Å². The van der Waals surface area contributed by atoms with Gasteiger partial charge in [-0.2, -0.15) is 5.10 Å². The van der Waals surface area contributed by atoms with Gasteiger partial charge in [0.25, 0.3) is 0 Å². The molecule has 0 spiro atoms. The van der Waals surface area contributed by atoms with Gasteiger partial charge in [-0.1, -0.05) is 19.1 Å². The Kier molecular flexibility index (Phi) is 3.74. The molecule has 1 atom stereocenters. The molecule has 0 radical (unpaired) electrons. The second-order valence-corrected chi connectivity index (χ2v) is 4.96. The topological polar surface area (TPSA) is 98.3 Å². The Labute approximate surface area is 122 Å². The van der Waals surface area contributed by atoms with E-state index >= 15 is 0 Å². The number of tetrazole rings is 1. The molecular formula is C14H17N7. The predicted molar refractivity (Wildman–Crippen MR) is 78.7 cm³/mol. The lowest BCUT2D eigenvalue weighted by molar-refractivity contribution is 0.635. The zero-order chi connectivity index (χ0) is 14.7. The van der Waals surface area contributed by atoms with Crippen LogP contribution in [0.1, 0.15) is 19.0 Å². The maximum Gasteiger partial charge on any atom is 0.143 e. The Hall–Kier alpha value is -2.54. The highest BCUT2D eigenvalue weighted by atomic mass is 15.5. The second-order valence-electron chi connectivity index (χ2n) is 4.96. The molecular weight excluding hydrogens is 266 g/mol. The van der Waals surface area contributed by atoms with E-state index in [0.29, 0.717) is 0 Å². The number of nitrogens with one attached hydrogen (secondary N) is 1. The Morgan fingerprint density at radius 1 is 1.33 bits per heavy atom. The van der Waals surface area contributed by atoms with Crippen LogP contribution in [0.4, 0.5) is 0 Å². The minimum absolute atomic E-state index is 0.158. The summed E-state index contributed by atoms with van der Waals surface area (Å²) in [6, 6.07) is 10.1. The van der Waals surface area contributed by atoms with Crippen LogP contribution < -0.4 is 5.73 Å². The highest BCUT2D eigenvalue weighted by molar-refractivity contribution is 5.62. The van der Waals surface area contributed by atoms with E-state index in [2.05, 4.69) is 32.6 Å². The summed E-state index contributed by atoms with van der Waals surface area (Å²) in [4.78, 5) is 0. The van der Waals surface area contributed by atoms with Crippen molar-refractivity contribution in [1.29, 1.82) is 0 Å². The van der Waals surface area contributed by atoms with Crippen LogP contribution in [-0.2, 0) is 6.42 Å². The number of benzene rings is 1. The molecule has 0 aliphatic rings. The van der Waals surface area contributed by atoms with Crippen molar-refractivity contribution in [2.45, 2.75) is 25.8 Å². The minimum Gasteiger partial charge on any atom is -0.327 e. The van der Waals surface area contributed by atoms with Gasteiger partial charge in [-0.15, -0.1) is 5.10 Å². The number of hydrogen-bond donors (Lipinski definition) is 2. The van der Waals surface area contributed by atoms with Crippen LogP contribution in [0.25, 0.3) is 16.9 Å². The van der Waals surface area contributed by atoms with Gasteiger partial charge in [-0.25, -0.2) is 4.68 Å². The van der Waals surface area contributed by atoms with Crippen molar-refractivity contribution in [2.75, 3.05) is 0 Å². The standard InChI is InChI=1S/C14H17N7/c1-2-11(15)7-12-8-14(18-17-12)10-4-3-5-13(6-10)21-9-16-19-20-21/h3-6,8-9,11H,2,7,15H2,1H3,(H,17,18). The molecule has 2 aromatic heterocycles. The normalized spacial score (nSPS) is 12.5. The summed E-state index contributed by atoms with van der Waals surface area (Å²) in [5.74, 6) is 0. The number of nitrogens with zero attached hydrogens (tertiary/aromatic N) is 5. The fourth-order valence-electron chi connectivity index (χ4n) is 2.13. The van der Waals surface area contributed by atoms with Crippen molar-refractivity contribution < 1.29 is 0 Å². The minimum atomic E-state index is 0.158. The first-order valence-electron chi connectivity index (χ1n) is 6.90. The molecule has 0 fully saturated rings. The molecule has 7 nitrogen and oxygen atoms in total. The molecule has 3 aromatic rings. The van der Waals surface area contributed by atoms with Crippen molar-refractivity contribution in [1.82, 2.24) is 30.4 Å². The third-order valence-corrected chi connectivity index (χ3v) is 3.39. The fourth-order valence-corrected chi connectivity index (χ4v) is 2.13. The second kappa shape index (κ2) is 5.84. The smallest absolute Gasteiger partial charge is 0.143 e. The SMILES string of the molecule is CCC(N)Cc1cc(-c2cccc(-n3cnnn3)c2)n[nH]1. The van der Waals surface area contributed by atoms with Crippen LogP contribution in [0.2, 0.25) is 0 Å². The van der Waals surface area contributed by atoms with E-state index in [1.54, 1.807) is 11.0 Å². The maximum absolute atomic E-state index is 5.97. The molecule has 2 heterocycles. The van der Waals surface area contributed by atoms with Gasteiger partial charge in [0.2, 0.25) is 0 Å². The molecule has 0 saturated carbocycles. The van der Waals surface area contributed by atoms with E-state index in [-0.39, 0.29) is 6.04 Å². The third-order valence-electron chi connectivity index (χ3n) is 3.39. The lowest BCUT2D eigenvalue weighted by atomic mass is 10.1. The van der Waals surface area contributed by atoms with Crippen LogP contribution in [0.5, 0.6) is 0 Å². The highest BCUT2D eigenvalue weighted by Crippen LogP contribution is 2.21. The number of rotatable bonds is 5. The molecule has 108 valence electrons. The lowest BCUT2D eigenvalue weighted by Gasteiger charge is -2.04. The van der Waals surface area contributed by atoms with Crippen molar-refractivity contribution in [3.05, 3.63) is 42.4 Å². The van der Waals surface area contributed by atoms with E-state index in [4.69, 9.17) is 5.73 Å². The number of hydrogen-bond acceptors (Lipinski definition) is 5. The van der Waals surface area contributed by atoms with Gasteiger partial charge in [0.1, 0.15) is 6.33 Å². The summed E-state index contributed by atoms with van der Waals surface area (Å²) < 4.78 is 1.62. The first-order valence-corrected chi connectivity index (χ1v) is 6.90. The zero-order valence-corrected chi connectivity index (χ0v) is 11.8. The van der Waals surface area contributed by atoms with Crippen LogP contribution in [0.15, 0.2) is 36.7 Å². The number of aromatic nitrogens is 6. The van der Waals surface area contributed by atoms with Gasteiger partial charge in [-0.05, 0) is 35.0 Å². The van der Waals surface area contributed by atoms with E-state index in [1.807, 2.05) is 30.3 Å². The first kappa shape index (κ1) is 13.4. The van der Waals surface area contributed by atoms with Crippen molar-refractivity contribution in [3.63, 3.8) is 0 Å². The van der Waals surface area contributed by atoms with E-state index in [1.165, 1.54) is 0 Å². The van der Waals surface area contributed by atoms with Gasteiger partial charge < -0.3 is 5.73 Å². The number of nitrogens with two attached hydrogens (primary N) is 1. The molecule has 0 aliphatic heterocycles. The average molecular weight is 283 g/mol. The predicted octanol–water partition coefficient (Wildman–Crippen LogP) is 1.33. The summed E-state index contributed by atoms with van der Waals surface area (Å²) >= 11 is 0. The molecule has 3 rings (SSSR count). The number of H-pyrrole nitrogens is 1. The Morgan fingerprint density at radius 2 is 2.24 bits per heavy atom. The van der Waals surface area contributed by atoms with Crippen LogP contribution in [0, 0.1) is 0 Å². The Morgan fingerprint density at radius 3 is 3.00 bits per heavy atom. The highest BCUT2D eigenvalue weighted by Gasteiger charge is 2.08. The Balaban J connectivity index is 1.86. The van der Waals surface area contributed by atoms with E-state index in [9.17, 15) is 0 Å². The molecule has 7 heteroatoms. The molecule has 21 heavy (non-hydrogen) atoms. The zero-order valence-electron chi connectivity index (χ0n) is 11.8. The summed E-state index contributed by atoms with van der Waals surface area (Å²) in [6.07, 6.45) is 3.31. The van der Waals surface area contributed by atoms with Crippen LogP contribution >= 0.6 is 0 Å². The summed E-state index contributed by atoms with van der Waals surface area (Å²) in [6.45, 7) is 2.08. The summed E-state index contributed by atoms with van der Waals surface area (Å²) in [5, 5.41) is 18.6. The molecule has 0 amide bonds. The van der Waals surface area contributed by atoms with Crippen molar-refractivity contribution >= 4 is 0 Å². The van der Waals surface area contributed by atoms with E-state index < -0.39 is 0 Å². The number of aromatic amines is 1. The van der Waals surface area contributed by atoms with Crippen LogP contribution in [-0.4, -0.2) is 36.4 Å². The lowest BCUT2D eigenvalue weighted by Crippen LogP contribution is -2.21. The maximum atomic E-state index is 5.97. The van der Waals surface area contributed by atoms with Crippen molar-refractivity contribution in [3.8, 4) is 16.9 Å². The van der Waals surface area contributed by atoms with Gasteiger partial charge in [0.05, 0.1) is 11.4 Å². The van der Waals surface area contributed by atoms with Gasteiger partial charge in [0.15, 0.2) is 0 Å². The third kappa shape index (κ3) is 2.97. The molecule has 0 aliphatic carbocycles. The first-order chi connectivity index (χ1) is 10.3. The fraction of sp³-hybridized carbons (Fsp3) is 0.286. The molecule has 0 saturated heterocycles.